The van der Waals surface area contributed by atoms with E-state index in [1.165, 1.54) is 10.6 Å². The molecule has 1 unspecified atom stereocenters. The highest BCUT2D eigenvalue weighted by atomic mass is 16.7. The second-order valence-corrected chi connectivity index (χ2v) is 5.77. The summed E-state index contributed by atoms with van der Waals surface area (Å²) in [6.07, 6.45) is 5.75. The van der Waals surface area contributed by atoms with E-state index >= 15 is 0 Å². The Morgan fingerprint density at radius 3 is 2.91 bits per heavy atom. The van der Waals surface area contributed by atoms with Crippen LogP contribution in [0.1, 0.15) is 36.9 Å². The maximum atomic E-state index is 12.1. The van der Waals surface area contributed by atoms with E-state index in [0.717, 1.165) is 24.9 Å². The van der Waals surface area contributed by atoms with Crippen molar-refractivity contribution < 1.29 is 9.63 Å². The zero-order valence-electron chi connectivity index (χ0n) is 13.3. The molecule has 2 heterocycles. The first-order chi connectivity index (χ1) is 11.2. The standard InChI is InChI=1S/C17H22N4O2/c1-14(19-17(22)21-9-5-6-10-23-21)16-11-18-20(13-16)12-15-7-3-2-4-8-15/h2-4,7-8,11,13-14H,5-6,9-10,12H2,1H3,(H,19,22). The van der Waals surface area contributed by atoms with Gasteiger partial charge in [-0.05, 0) is 25.3 Å². The maximum Gasteiger partial charge on any atom is 0.341 e. The second kappa shape index (κ2) is 7.28. The maximum absolute atomic E-state index is 12.1. The van der Waals surface area contributed by atoms with Gasteiger partial charge >= 0.3 is 6.03 Å². The molecule has 1 atom stereocenters. The lowest BCUT2D eigenvalue weighted by atomic mass is 10.2. The van der Waals surface area contributed by atoms with Gasteiger partial charge in [0.05, 0.1) is 31.9 Å². The molecule has 0 spiro atoms. The lowest BCUT2D eigenvalue weighted by Crippen LogP contribution is -2.43. The predicted octanol–water partition coefficient (Wildman–Crippen LogP) is 2.73. The van der Waals surface area contributed by atoms with Gasteiger partial charge in [0.15, 0.2) is 0 Å². The zero-order chi connectivity index (χ0) is 16.1. The molecular formula is C17H22N4O2. The summed E-state index contributed by atoms with van der Waals surface area (Å²) in [5.41, 5.74) is 2.17. The fourth-order valence-electron chi connectivity index (χ4n) is 2.56. The van der Waals surface area contributed by atoms with E-state index in [0.29, 0.717) is 13.2 Å². The lowest BCUT2D eigenvalue weighted by Gasteiger charge is -2.27. The number of carbonyl (C=O) groups is 1. The highest BCUT2D eigenvalue weighted by Gasteiger charge is 2.20. The molecule has 1 aromatic heterocycles. The molecule has 122 valence electrons. The number of benzene rings is 1. The quantitative estimate of drug-likeness (QED) is 0.944. The number of carbonyl (C=O) groups excluding carboxylic acids is 1. The highest BCUT2D eigenvalue weighted by Crippen LogP contribution is 2.14. The van der Waals surface area contributed by atoms with Crippen molar-refractivity contribution in [2.75, 3.05) is 13.2 Å². The van der Waals surface area contributed by atoms with Gasteiger partial charge in [-0.2, -0.15) is 5.10 Å². The minimum atomic E-state index is -0.187. The van der Waals surface area contributed by atoms with E-state index in [1.54, 1.807) is 6.20 Å². The average molecular weight is 314 g/mol. The molecule has 3 rings (SSSR count). The normalized spacial score (nSPS) is 16.1. The smallest absolute Gasteiger partial charge is 0.330 e. The monoisotopic (exact) mass is 314 g/mol. The molecule has 23 heavy (non-hydrogen) atoms. The van der Waals surface area contributed by atoms with Crippen molar-refractivity contribution in [2.45, 2.75) is 32.4 Å². The first kappa shape index (κ1) is 15.6. The molecule has 2 aromatic rings. The Hall–Kier alpha value is -2.34. The van der Waals surface area contributed by atoms with Gasteiger partial charge < -0.3 is 5.32 Å². The summed E-state index contributed by atoms with van der Waals surface area (Å²) in [7, 11) is 0. The number of nitrogens with one attached hydrogen (secondary N) is 1. The fourth-order valence-corrected chi connectivity index (χ4v) is 2.56. The van der Waals surface area contributed by atoms with Crippen LogP contribution in [0.4, 0.5) is 4.79 Å². The molecule has 0 radical (unpaired) electrons. The van der Waals surface area contributed by atoms with Crippen molar-refractivity contribution in [3.8, 4) is 0 Å². The van der Waals surface area contributed by atoms with Crippen LogP contribution < -0.4 is 5.32 Å². The molecule has 1 fully saturated rings. The molecular weight excluding hydrogens is 292 g/mol. The van der Waals surface area contributed by atoms with Gasteiger partial charge in [-0.25, -0.2) is 9.86 Å². The first-order valence-electron chi connectivity index (χ1n) is 7.99. The van der Waals surface area contributed by atoms with E-state index in [4.69, 9.17) is 4.84 Å². The van der Waals surface area contributed by atoms with Gasteiger partial charge in [-0.15, -0.1) is 0 Å². The predicted molar refractivity (Wildman–Crippen MR) is 86.6 cm³/mol. The molecule has 0 saturated carbocycles. The van der Waals surface area contributed by atoms with E-state index in [2.05, 4.69) is 22.5 Å². The number of urea groups is 1. The van der Waals surface area contributed by atoms with Crippen LogP contribution in [0.5, 0.6) is 0 Å². The first-order valence-corrected chi connectivity index (χ1v) is 7.99. The third kappa shape index (κ3) is 4.10. The summed E-state index contributed by atoms with van der Waals surface area (Å²) in [5.74, 6) is 0. The summed E-state index contributed by atoms with van der Waals surface area (Å²) < 4.78 is 1.88. The van der Waals surface area contributed by atoms with Gasteiger partial charge in [0.25, 0.3) is 0 Å². The molecule has 1 aliphatic rings. The summed E-state index contributed by atoms with van der Waals surface area (Å²) in [4.78, 5) is 17.5. The minimum absolute atomic E-state index is 0.113. The van der Waals surface area contributed by atoms with Crippen molar-refractivity contribution in [2.24, 2.45) is 0 Å². The van der Waals surface area contributed by atoms with Gasteiger partial charge in [0.1, 0.15) is 0 Å². The van der Waals surface area contributed by atoms with Crippen molar-refractivity contribution in [1.29, 1.82) is 0 Å². The Balaban J connectivity index is 1.57. The lowest BCUT2D eigenvalue weighted by molar-refractivity contribution is -0.139. The molecule has 1 aliphatic heterocycles. The van der Waals surface area contributed by atoms with Crippen LogP contribution in [-0.4, -0.2) is 34.0 Å². The van der Waals surface area contributed by atoms with Crippen LogP contribution in [0.15, 0.2) is 42.7 Å². The number of amides is 2. The largest absolute Gasteiger partial charge is 0.341 e. The summed E-state index contributed by atoms with van der Waals surface area (Å²) in [6, 6.07) is 9.87. The van der Waals surface area contributed by atoms with Crippen LogP contribution in [0.2, 0.25) is 0 Å². The van der Waals surface area contributed by atoms with E-state index in [9.17, 15) is 4.79 Å². The van der Waals surface area contributed by atoms with Crippen molar-refractivity contribution in [1.82, 2.24) is 20.2 Å². The van der Waals surface area contributed by atoms with Crippen molar-refractivity contribution in [3.63, 3.8) is 0 Å². The molecule has 1 N–H and O–H groups in total. The van der Waals surface area contributed by atoms with Crippen LogP contribution >= 0.6 is 0 Å². The van der Waals surface area contributed by atoms with Crippen LogP contribution in [-0.2, 0) is 11.4 Å². The Morgan fingerprint density at radius 2 is 2.17 bits per heavy atom. The molecule has 0 bridgehead atoms. The third-order valence-electron chi connectivity index (χ3n) is 3.91. The number of hydrogen-bond donors (Lipinski definition) is 1. The van der Waals surface area contributed by atoms with Gasteiger partial charge in [-0.1, -0.05) is 30.3 Å². The summed E-state index contributed by atoms with van der Waals surface area (Å²) >= 11 is 0. The Kier molecular flexibility index (Phi) is 4.92. The fraction of sp³-hybridized carbons (Fsp3) is 0.412. The molecule has 1 saturated heterocycles. The topological polar surface area (TPSA) is 59.4 Å². The van der Waals surface area contributed by atoms with Gasteiger partial charge in [-0.3, -0.25) is 9.52 Å². The van der Waals surface area contributed by atoms with Crippen LogP contribution in [0.3, 0.4) is 0 Å². The molecule has 6 heteroatoms. The van der Waals surface area contributed by atoms with Crippen molar-refractivity contribution >= 4 is 6.03 Å². The Morgan fingerprint density at radius 1 is 1.35 bits per heavy atom. The summed E-state index contributed by atoms with van der Waals surface area (Å²) in [5, 5.41) is 8.74. The average Bonchev–Trinajstić information content (AvgIpc) is 3.05. The van der Waals surface area contributed by atoms with Gasteiger partial charge in [0.2, 0.25) is 0 Å². The minimum Gasteiger partial charge on any atom is -0.330 e. The number of hydroxylamine groups is 2. The van der Waals surface area contributed by atoms with E-state index in [-0.39, 0.29) is 12.1 Å². The number of hydrogen-bond acceptors (Lipinski definition) is 3. The number of nitrogens with zero attached hydrogens (tertiary/aromatic N) is 3. The number of rotatable bonds is 4. The van der Waals surface area contributed by atoms with Crippen LogP contribution in [0, 0.1) is 0 Å². The Labute approximate surface area is 136 Å². The van der Waals surface area contributed by atoms with Crippen molar-refractivity contribution in [3.05, 3.63) is 53.9 Å². The highest BCUT2D eigenvalue weighted by molar-refractivity contribution is 5.73. The third-order valence-corrected chi connectivity index (χ3v) is 3.91. The molecule has 1 aromatic carbocycles. The van der Waals surface area contributed by atoms with Crippen LogP contribution in [0.25, 0.3) is 0 Å². The summed E-state index contributed by atoms with van der Waals surface area (Å²) in [6.45, 7) is 3.92. The number of aromatic nitrogens is 2. The SMILES string of the molecule is CC(NC(=O)N1CCCCO1)c1cnn(Cc2ccccc2)c1. The molecule has 0 aliphatic carbocycles. The van der Waals surface area contributed by atoms with Gasteiger partial charge in [0, 0.05) is 11.8 Å². The van der Waals surface area contributed by atoms with E-state index in [1.807, 2.05) is 36.0 Å². The molecule has 2 amide bonds. The van der Waals surface area contributed by atoms with E-state index < -0.39 is 0 Å². The zero-order valence-corrected chi connectivity index (χ0v) is 13.3. The Bertz CT molecular complexity index is 635. The second-order valence-electron chi connectivity index (χ2n) is 5.77. The molecule has 6 nitrogen and oxygen atoms in total.